The molecule has 0 spiro atoms. The fourth-order valence-corrected chi connectivity index (χ4v) is 3.18. The number of hydrogen-bond acceptors (Lipinski definition) is 8. The van der Waals surface area contributed by atoms with E-state index in [0.717, 1.165) is 22.3 Å². The van der Waals surface area contributed by atoms with Gasteiger partial charge >= 0.3 is 0 Å². The van der Waals surface area contributed by atoms with Gasteiger partial charge in [0.15, 0.2) is 15.0 Å². The summed E-state index contributed by atoms with van der Waals surface area (Å²) in [6.07, 6.45) is 2.77. The smallest absolute Gasteiger partial charge is 0.293 e. The van der Waals surface area contributed by atoms with Crippen LogP contribution in [0.4, 0.5) is 16.5 Å². The van der Waals surface area contributed by atoms with Crippen molar-refractivity contribution in [2.45, 2.75) is 11.8 Å². The molecule has 0 amide bonds. The number of thiazole rings is 1. The fourth-order valence-electron chi connectivity index (χ4n) is 1.85. The number of nitrogens with zero attached hydrogens (tertiary/aromatic N) is 2. The summed E-state index contributed by atoms with van der Waals surface area (Å²) in [5.74, 6) is 0. The van der Waals surface area contributed by atoms with E-state index in [1.807, 2.05) is 6.92 Å². The normalized spacial score (nSPS) is 11.2. The molecule has 1 aromatic carbocycles. The molecule has 124 valence electrons. The van der Waals surface area contributed by atoms with Crippen LogP contribution >= 0.6 is 11.3 Å². The number of aryl methyl sites for hydroxylation is 1. The minimum absolute atomic E-state index is 0.0777. The highest BCUT2D eigenvalue weighted by Gasteiger charge is 2.18. The Morgan fingerprint density at radius 2 is 2.00 bits per heavy atom. The van der Waals surface area contributed by atoms with Gasteiger partial charge in [-0.15, -0.1) is 11.3 Å². The van der Waals surface area contributed by atoms with Gasteiger partial charge < -0.3 is 10.6 Å². The molecule has 2 rings (SSSR count). The highest BCUT2D eigenvalue weighted by Crippen LogP contribution is 2.27. The predicted molar refractivity (Wildman–Crippen MR) is 90.0 cm³/mol. The van der Waals surface area contributed by atoms with Gasteiger partial charge in [0.1, 0.15) is 5.69 Å². The number of benzene rings is 1. The Kier molecular flexibility index (Phi) is 5.16. The summed E-state index contributed by atoms with van der Waals surface area (Å²) in [5.41, 5.74) is 0.0116. The third-order valence-electron chi connectivity index (χ3n) is 2.93. The standard InChI is InChI=1S/C13H16N4O4S2/c1-9-8-16-13(22-9)15-6-5-14-11-4-3-10(23(2,20)21)7-12(11)17(18)19/h3-4,7-8,14H,5-6H2,1-2H3,(H,15,16). The fraction of sp³-hybridized carbons (Fsp3) is 0.308. The van der Waals surface area contributed by atoms with E-state index in [1.165, 1.54) is 23.5 Å². The van der Waals surface area contributed by atoms with Gasteiger partial charge in [0, 0.05) is 36.5 Å². The van der Waals surface area contributed by atoms with Crippen LogP contribution in [-0.4, -0.2) is 37.7 Å². The van der Waals surface area contributed by atoms with Crippen LogP contribution in [0, 0.1) is 17.0 Å². The quantitative estimate of drug-likeness (QED) is 0.444. The molecule has 0 saturated carbocycles. The lowest BCUT2D eigenvalue weighted by atomic mass is 10.2. The van der Waals surface area contributed by atoms with Crippen LogP contribution in [0.5, 0.6) is 0 Å². The van der Waals surface area contributed by atoms with Crippen molar-refractivity contribution in [1.29, 1.82) is 0 Å². The second-order valence-electron chi connectivity index (χ2n) is 4.84. The first-order valence-corrected chi connectivity index (χ1v) is 9.37. The third kappa shape index (κ3) is 4.63. The Hall–Kier alpha value is -2.20. The summed E-state index contributed by atoms with van der Waals surface area (Å²) in [4.78, 5) is 15.7. The predicted octanol–water partition coefficient (Wildman–Crippen LogP) is 2.29. The van der Waals surface area contributed by atoms with Gasteiger partial charge in [-0.3, -0.25) is 10.1 Å². The molecule has 2 N–H and O–H groups in total. The largest absolute Gasteiger partial charge is 0.378 e. The monoisotopic (exact) mass is 356 g/mol. The number of anilines is 2. The first-order chi connectivity index (χ1) is 10.8. The van der Waals surface area contributed by atoms with E-state index < -0.39 is 14.8 Å². The summed E-state index contributed by atoms with van der Waals surface area (Å²) in [6, 6.07) is 3.82. The van der Waals surface area contributed by atoms with Crippen molar-refractivity contribution in [2.24, 2.45) is 0 Å². The third-order valence-corrected chi connectivity index (χ3v) is 4.91. The van der Waals surface area contributed by atoms with Crippen molar-refractivity contribution < 1.29 is 13.3 Å². The lowest BCUT2D eigenvalue weighted by Crippen LogP contribution is -2.14. The van der Waals surface area contributed by atoms with E-state index in [0.29, 0.717) is 13.1 Å². The molecule has 2 aromatic rings. The molecule has 0 aliphatic carbocycles. The van der Waals surface area contributed by atoms with Crippen molar-refractivity contribution >= 4 is 37.7 Å². The molecule has 23 heavy (non-hydrogen) atoms. The number of sulfone groups is 1. The molecule has 0 fully saturated rings. The van der Waals surface area contributed by atoms with Gasteiger partial charge in [0.05, 0.1) is 9.82 Å². The number of nitrogens with one attached hydrogen (secondary N) is 2. The molecule has 0 unspecified atom stereocenters. The van der Waals surface area contributed by atoms with E-state index in [2.05, 4.69) is 15.6 Å². The van der Waals surface area contributed by atoms with Crippen molar-refractivity contribution in [1.82, 2.24) is 4.98 Å². The topological polar surface area (TPSA) is 114 Å². The molecule has 0 radical (unpaired) electrons. The Morgan fingerprint density at radius 3 is 2.57 bits per heavy atom. The molecular weight excluding hydrogens is 340 g/mol. The van der Waals surface area contributed by atoms with Gasteiger partial charge in [-0.2, -0.15) is 0 Å². The highest BCUT2D eigenvalue weighted by molar-refractivity contribution is 7.90. The maximum atomic E-state index is 11.5. The second-order valence-corrected chi connectivity index (χ2v) is 8.09. The summed E-state index contributed by atoms with van der Waals surface area (Å²) in [7, 11) is -3.49. The first-order valence-electron chi connectivity index (χ1n) is 6.66. The Morgan fingerprint density at radius 1 is 1.30 bits per heavy atom. The zero-order valence-corrected chi connectivity index (χ0v) is 14.2. The van der Waals surface area contributed by atoms with Crippen LogP contribution < -0.4 is 10.6 Å². The number of nitro groups is 1. The Bertz CT molecular complexity index is 817. The number of hydrogen-bond donors (Lipinski definition) is 2. The van der Waals surface area contributed by atoms with Crippen LogP contribution in [0.3, 0.4) is 0 Å². The van der Waals surface area contributed by atoms with Gasteiger partial charge in [-0.1, -0.05) is 0 Å². The zero-order chi connectivity index (χ0) is 17.0. The van der Waals surface area contributed by atoms with Crippen LogP contribution in [0.15, 0.2) is 29.3 Å². The Labute approximate surface area is 137 Å². The van der Waals surface area contributed by atoms with Crippen molar-refractivity contribution in [3.63, 3.8) is 0 Å². The van der Waals surface area contributed by atoms with E-state index in [9.17, 15) is 18.5 Å². The van der Waals surface area contributed by atoms with E-state index >= 15 is 0 Å². The average molecular weight is 356 g/mol. The zero-order valence-electron chi connectivity index (χ0n) is 12.6. The second kappa shape index (κ2) is 6.92. The maximum absolute atomic E-state index is 11.5. The van der Waals surface area contributed by atoms with Crippen molar-refractivity contribution in [2.75, 3.05) is 30.0 Å². The minimum Gasteiger partial charge on any atom is -0.378 e. The molecular formula is C13H16N4O4S2. The van der Waals surface area contributed by atoms with Crippen LogP contribution in [-0.2, 0) is 9.84 Å². The Balaban J connectivity index is 2.03. The number of nitro benzene ring substituents is 1. The summed E-state index contributed by atoms with van der Waals surface area (Å²) in [6.45, 7) is 2.91. The average Bonchev–Trinajstić information content (AvgIpc) is 2.88. The van der Waals surface area contributed by atoms with Crippen molar-refractivity contribution in [3.8, 4) is 0 Å². The maximum Gasteiger partial charge on any atom is 0.293 e. The van der Waals surface area contributed by atoms with Gasteiger partial charge in [0.2, 0.25) is 0 Å². The summed E-state index contributed by atoms with van der Waals surface area (Å²) >= 11 is 1.52. The molecule has 0 aliphatic rings. The summed E-state index contributed by atoms with van der Waals surface area (Å²) in [5, 5.41) is 17.9. The van der Waals surface area contributed by atoms with Gasteiger partial charge in [-0.05, 0) is 19.1 Å². The molecule has 1 aromatic heterocycles. The van der Waals surface area contributed by atoms with Crippen LogP contribution in [0.2, 0.25) is 0 Å². The molecule has 0 bridgehead atoms. The van der Waals surface area contributed by atoms with Crippen LogP contribution in [0.25, 0.3) is 0 Å². The van der Waals surface area contributed by atoms with Crippen LogP contribution in [0.1, 0.15) is 4.88 Å². The number of rotatable bonds is 7. The SMILES string of the molecule is Cc1cnc(NCCNc2ccc(S(C)(=O)=O)cc2[N+](=O)[O-])s1. The lowest BCUT2D eigenvalue weighted by molar-refractivity contribution is -0.384. The molecule has 10 heteroatoms. The molecule has 0 saturated heterocycles. The molecule has 8 nitrogen and oxygen atoms in total. The summed E-state index contributed by atoms with van der Waals surface area (Å²) < 4.78 is 23.0. The molecule has 0 atom stereocenters. The van der Waals surface area contributed by atoms with E-state index in [1.54, 1.807) is 6.20 Å². The highest BCUT2D eigenvalue weighted by atomic mass is 32.2. The first kappa shape index (κ1) is 17.2. The van der Waals surface area contributed by atoms with Gasteiger partial charge in [-0.25, -0.2) is 13.4 Å². The number of aromatic nitrogens is 1. The van der Waals surface area contributed by atoms with Gasteiger partial charge in [0.25, 0.3) is 5.69 Å². The minimum atomic E-state index is -3.49. The molecule has 1 heterocycles. The molecule has 0 aliphatic heterocycles. The van der Waals surface area contributed by atoms with E-state index in [4.69, 9.17) is 0 Å². The van der Waals surface area contributed by atoms with Crippen molar-refractivity contribution in [3.05, 3.63) is 39.4 Å². The lowest BCUT2D eigenvalue weighted by Gasteiger charge is -2.08. The van der Waals surface area contributed by atoms with E-state index in [-0.39, 0.29) is 16.3 Å².